The number of thioether (sulfide) groups is 1. The fourth-order valence-electron chi connectivity index (χ4n) is 1.44. The van der Waals surface area contributed by atoms with E-state index in [1.54, 1.807) is 11.8 Å². The average molecular weight is 221 g/mol. The molecule has 1 heterocycles. The summed E-state index contributed by atoms with van der Waals surface area (Å²) in [4.78, 5) is 16.1. The lowest BCUT2D eigenvalue weighted by atomic mass is 10.1. The first-order valence-electron chi connectivity index (χ1n) is 4.17. The molecule has 1 atom stereocenters. The Balaban J connectivity index is 2.19. The van der Waals surface area contributed by atoms with Gasteiger partial charge in [-0.15, -0.1) is 11.8 Å². The number of amides is 1. The fourth-order valence-corrected chi connectivity index (χ4v) is 2.71. The maximum absolute atomic E-state index is 11.4. The number of benzene rings is 1. The lowest BCUT2D eigenvalue weighted by Gasteiger charge is -1.99. The Labute approximate surface area is 91.4 Å². The Hall–Kier alpha value is -0.960. The summed E-state index contributed by atoms with van der Waals surface area (Å²) in [6.45, 7) is 0. The monoisotopic (exact) mass is 221 g/mol. The summed E-state index contributed by atoms with van der Waals surface area (Å²) in [6, 6.07) is 8.01. The van der Waals surface area contributed by atoms with Crippen LogP contribution < -0.4 is 0 Å². The number of hydrogen-bond acceptors (Lipinski definition) is 3. The number of carbonyl (C=O) groups is 1. The van der Waals surface area contributed by atoms with Crippen LogP contribution in [0.5, 0.6) is 0 Å². The Morgan fingerprint density at radius 2 is 2.36 bits per heavy atom. The van der Waals surface area contributed by atoms with Gasteiger partial charge in [0.15, 0.2) is 0 Å². The molecule has 2 rings (SSSR count). The van der Waals surface area contributed by atoms with Crippen LogP contribution in [0.4, 0.5) is 0 Å². The van der Waals surface area contributed by atoms with Crippen LogP contribution >= 0.6 is 24.0 Å². The summed E-state index contributed by atoms with van der Waals surface area (Å²) < 4.78 is 0. The van der Waals surface area contributed by atoms with Crippen molar-refractivity contribution in [3.8, 4) is 0 Å². The smallest absolute Gasteiger partial charge is 0.268 e. The van der Waals surface area contributed by atoms with E-state index in [1.165, 1.54) is 10.5 Å². The topological polar surface area (TPSA) is 29.4 Å². The van der Waals surface area contributed by atoms with Crippen LogP contribution in [0.3, 0.4) is 0 Å². The van der Waals surface area contributed by atoms with Crippen molar-refractivity contribution in [3.05, 3.63) is 29.8 Å². The molecule has 1 aromatic carbocycles. The summed E-state index contributed by atoms with van der Waals surface area (Å²) in [6.07, 6.45) is 0.750. The highest BCUT2D eigenvalue weighted by Crippen LogP contribution is 2.37. The molecule has 0 fully saturated rings. The lowest BCUT2D eigenvalue weighted by Crippen LogP contribution is -2.13. The van der Waals surface area contributed by atoms with Gasteiger partial charge in [0.1, 0.15) is 0 Å². The first kappa shape index (κ1) is 9.59. The maximum Gasteiger partial charge on any atom is 0.268 e. The van der Waals surface area contributed by atoms with E-state index >= 15 is 0 Å². The highest BCUT2D eigenvalue weighted by atomic mass is 32.2. The summed E-state index contributed by atoms with van der Waals surface area (Å²) in [5, 5.41) is 2.01. The summed E-state index contributed by atoms with van der Waals surface area (Å²) >= 11 is 5.96. The van der Waals surface area contributed by atoms with E-state index in [2.05, 4.69) is 22.4 Å². The molecule has 1 aliphatic rings. The van der Waals surface area contributed by atoms with Gasteiger partial charge in [0.25, 0.3) is 5.91 Å². The van der Waals surface area contributed by atoms with Crippen LogP contribution in [-0.2, 0) is 11.2 Å². The SMILES string of the molecule is O=C(N=C=S)C1Cc2ccccc2S1. The third kappa shape index (κ3) is 1.77. The predicted molar refractivity (Wildman–Crippen MR) is 59.8 cm³/mol. The van der Waals surface area contributed by atoms with Crippen molar-refractivity contribution >= 4 is 35.0 Å². The third-order valence-electron chi connectivity index (χ3n) is 2.08. The molecule has 0 saturated carbocycles. The minimum absolute atomic E-state index is 0.108. The summed E-state index contributed by atoms with van der Waals surface area (Å²) in [5.74, 6) is -0.179. The Morgan fingerprint density at radius 1 is 1.57 bits per heavy atom. The quantitative estimate of drug-likeness (QED) is 0.538. The molecule has 0 aromatic heterocycles. The highest BCUT2D eigenvalue weighted by Gasteiger charge is 2.27. The minimum atomic E-state index is -0.179. The molecule has 1 aromatic rings. The molecule has 0 aliphatic carbocycles. The zero-order chi connectivity index (χ0) is 9.97. The molecule has 2 nitrogen and oxygen atoms in total. The van der Waals surface area contributed by atoms with Gasteiger partial charge in [-0.05, 0) is 30.3 Å². The second-order valence-electron chi connectivity index (χ2n) is 2.96. The van der Waals surface area contributed by atoms with E-state index in [-0.39, 0.29) is 11.2 Å². The number of fused-ring (bicyclic) bond motifs is 1. The molecule has 1 unspecified atom stereocenters. The molecule has 4 heteroatoms. The Morgan fingerprint density at radius 3 is 3.07 bits per heavy atom. The van der Waals surface area contributed by atoms with E-state index < -0.39 is 0 Å². The van der Waals surface area contributed by atoms with Crippen molar-refractivity contribution in [2.75, 3.05) is 0 Å². The van der Waals surface area contributed by atoms with E-state index in [9.17, 15) is 4.79 Å². The largest absolute Gasteiger partial charge is 0.271 e. The molecular weight excluding hydrogens is 214 g/mol. The van der Waals surface area contributed by atoms with Gasteiger partial charge in [0.05, 0.1) is 10.4 Å². The molecule has 70 valence electrons. The molecule has 1 amide bonds. The van der Waals surface area contributed by atoms with Crippen LogP contribution in [0, 0.1) is 0 Å². The lowest BCUT2D eigenvalue weighted by molar-refractivity contribution is -0.117. The molecular formula is C10H7NOS2. The van der Waals surface area contributed by atoms with Crippen LogP contribution in [-0.4, -0.2) is 16.3 Å². The Kier molecular flexibility index (Phi) is 2.77. The van der Waals surface area contributed by atoms with Gasteiger partial charge in [-0.1, -0.05) is 18.2 Å². The molecule has 0 bridgehead atoms. The van der Waals surface area contributed by atoms with Crippen molar-refractivity contribution in [1.82, 2.24) is 0 Å². The van der Waals surface area contributed by atoms with Crippen LogP contribution in [0.1, 0.15) is 5.56 Å². The zero-order valence-corrected chi connectivity index (χ0v) is 8.90. The van der Waals surface area contributed by atoms with Crippen molar-refractivity contribution in [1.29, 1.82) is 0 Å². The maximum atomic E-state index is 11.4. The standard InChI is InChI=1S/C10H7NOS2/c12-10(11-6-13)9-5-7-3-1-2-4-8(7)14-9/h1-4,9H,5H2. The highest BCUT2D eigenvalue weighted by molar-refractivity contribution is 8.01. The number of nitrogens with zero attached hydrogens (tertiary/aromatic N) is 1. The molecule has 0 radical (unpaired) electrons. The normalized spacial score (nSPS) is 18.4. The first-order valence-corrected chi connectivity index (χ1v) is 5.46. The van der Waals surface area contributed by atoms with E-state index in [1.807, 2.05) is 24.3 Å². The molecule has 0 spiro atoms. The fraction of sp³-hybridized carbons (Fsp3) is 0.200. The van der Waals surface area contributed by atoms with Gasteiger partial charge in [0, 0.05) is 4.90 Å². The van der Waals surface area contributed by atoms with Gasteiger partial charge in [-0.3, -0.25) is 4.79 Å². The summed E-state index contributed by atoms with van der Waals surface area (Å²) in [7, 11) is 0. The van der Waals surface area contributed by atoms with Gasteiger partial charge >= 0.3 is 0 Å². The van der Waals surface area contributed by atoms with Crippen molar-refractivity contribution in [3.63, 3.8) is 0 Å². The Bertz CT molecular complexity index is 399. The van der Waals surface area contributed by atoms with Gasteiger partial charge < -0.3 is 0 Å². The van der Waals surface area contributed by atoms with Crippen molar-refractivity contribution < 1.29 is 4.79 Å². The van der Waals surface area contributed by atoms with E-state index in [4.69, 9.17) is 0 Å². The number of isothiocyanates is 1. The van der Waals surface area contributed by atoms with Crippen LogP contribution in [0.15, 0.2) is 34.2 Å². The first-order chi connectivity index (χ1) is 6.81. The number of thiocarbonyl (C=S) groups is 1. The zero-order valence-electron chi connectivity index (χ0n) is 7.27. The molecule has 1 aliphatic heterocycles. The summed E-state index contributed by atoms with van der Waals surface area (Å²) in [5.41, 5.74) is 1.22. The van der Waals surface area contributed by atoms with E-state index in [0.29, 0.717) is 0 Å². The minimum Gasteiger partial charge on any atom is -0.271 e. The second kappa shape index (κ2) is 4.05. The number of hydrogen-bond donors (Lipinski definition) is 0. The molecule has 14 heavy (non-hydrogen) atoms. The predicted octanol–water partition coefficient (Wildman–Crippen LogP) is 2.33. The molecule has 0 saturated heterocycles. The van der Waals surface area contributed by atoms with Crippen LogP contribution in [0.2, 0.25) is 0 Å². The second-order valence-corrected chi connectivity index (χ2v) is 4.39. The molecule has 0 N–H and O–H groups in total. The van der Waals surface area contributed by atoms with Gasteiger partial charge in [-0.25, -0.2) is 0 Å². The van der Waals surface area contributed by atoms with Crippen LogP contribution in [0.25, 0.3) is 0 Å². The van der Waals surface area contributed by atoms with Gasteiger partial charge in [0.2, 0.25) is 0 Å². The number of carbonyl (C=O) groups excluding carboxylic acids is 1. The van der Waals surface area contributed by atoms with Gasteiger partial charge in [-0.2, -0.15) is 4.99 Å². The van der Waals surface area contributed by atoms with E-state index in [0.717, 1.165) is 6.42 Å². The number of aliphatic imine (C=N–C) groups is 1. The van der Waals surface area contributed by atoms with Crippen molar-refractivity contribution in [2.24, 2.45) is 4.99 Å². The number of rotatable bonds is 1. The third-order valence-corrected chi connectivity index (χ3v) is 3.47. The average Bonchev–Trinajstić information content (AvgIpc) is 2.61. The van der Waals surface area contributed by atoms with Crippen molar-refractivity contribution in [2.45, 2.75) is 16.6 Å².